The van der Waals surface area contributed by atoms with E-state index in [1.165, 1.54) is 5.56 Å². The van der Waals surface area contributed by atoms with Crippen LogP contribution in [0.4, 0.5) is 0 Å². The highest BCUT2D eigenvalue weighted by Crippen LogP contribution is 2.34. The van der Waals surface area contributed by atoms with E-state index in [1.54, 1.807) is 29.3 Å². The number of imidazole rings is 1. The van der Waals surface area contributed by atoms with Crippen LogP contribution in [0.2, 0.25) is 0 Å². The van der Waals surface area contributed by atoms with E-state index in [0.717, 1.165) is 10.5 Å². The van der Waals surface area contributed by atoms with Crippen molar-refractivity contribution < 1.29 is 14.6 Å². The van der Waals surface area contributed by atoms with Gasteiger partial charge in [-0.25, -0.2) is 9.78 Å². The lowest BCUT2D eigenvalue weighted by molar-refractivity contribution is 0.0517. The Morgan fingerprint density at radius 2 is 2.00 bits per heavy atom. The topological polar surface area (TPSA) is 67.1 Å². The normalized spacial score (nSPS) is 11.4. The van der Waals surface area contributed by atoms with Gasteiger partial charge in [0.2, 0.25) is 0 Å². The first kappa shape index (κ1) is 21.7. The van der Waals surface area contributed by atoms with Gasteiger partial charge in [-0.1, -0.05) is 17.7 Å². The van der Waals surface area contributed by atoms with Crippen LogP contribution in [0.1, 0.15) is 34.2 Å². The van der Waals surface area contributed by atoms with Crippen molar-refractivity contribution in [3.05, 3.63) is 57.4 Å². The monoisotopic (exact) mass is 477 g/mol. The second kappa shape index (κ2) is 9.19. The van der Waals surface area contributed by atoms with Gasteiger partial charge in [-0.3, -0.25) is 4.40 Å². The van der Waals surface area contributed by atoms with Gasteiger partial charge < -0.3 is 14.7 Å². The molecule has 0 saturated heterocycles. The maximum atomic E-state index is 12.7. The Morgan fingerprint density at radius 3 is 2.62 bits per heavy atom. The van der Waals surface area contributed by atoms with Gasteiger partial charge in [0.15, 0.2) is 17.1 Å². The lowest BCUT2D eigenvalue weighted by Gasteiger charge is -2.14. The van der Waals surface area contributed by atoms with Crippen molar-refractivity contribution in [2.75, 3.05) is 20.7 Å². The fourth-order valence-corrected chi connectivity index (χ4v) is 4.33. The van der Waals surface area contributed by atoms with Crippen LogP contribution < -0.4 is 0 Å². The summed E-state index contributed by atoms with van der Waals surface area (Å²) in [4.78, 5) is 20.3. The predicted molar refractivity (Wildman–Crippen MR) is 119 cm³/mol. The third-order valence-corrected chi connectivity index (χ3v) is 6.06. The van der Waals surface area contributed by atoms with Crippen LogP contribution in [0.5, 0.6) is 5.75 Å². The molecule has 29 heavy (non-hydrogen) atoms. The molecule has 1 aromatic carbocycles. The van der Waals surface area contributed by atoms with Crippen molar-refractivity contribution in [3.8, 4) is 5.75 Å². The van der Waals surface area contributed by atoms with E-state index in [0.29, 0.717) is 33.8 Å². The molecule has 0 atom stereocenters. The molecule has 2 heterocycles. The minimum absolute atomic E-state index is 0.0604. The first-order chi connectivity index (χ1) is 13.8. The number of rotatable bonds is 7. The minimum atomic E-state index is -0.453. The van der Waals surface area contributed by atoms with Gasteiger partial charge in [0, 0.05) is 33.4 Å². The molecule has 0 unspecified atom stereocenters. The summed E-state index contributed by atoms with van der Waals surface area (Å²) in [6.45, 7) is 4.62. The van der Waals surface area contributed by atoms with Gasteiger partial charge in [0.1, 0.15) is 0 Å². The molecule has 0 aliphatic carbocycles. The third-order valence-electron chi connectivity index (χ3n) is 4.35. The molecule has 0 fully saturated rings. The predicted octanol–water partition coefficient (Wildman–Crippen LogP) is 4.64. The van der Waals surface area contributed by atoms with Gasteiger partial charge in [-0.05, 0) is 56.0 Å². The number of aromatic hydroxyl groups is 1. The molecule has 0 bridgehead atoms. The number of hydrogen-bond donors (Lipinski definition) is 1. The van der Waals surface area contributed by atoms with Crippen molar-refractivity contribution in [2.24, 2.45) is 0 Å². The number of fused-ring (bicyclic) bond motifs is 1. The summed E-state index contributed by atoms with van der Waals surface area (Å²) in [5.41, 5.74) is 3.19. The number of hydrogen-bond acceptors (Lipinski definition) is 6. The number of aryl methyl sites for hydroxylation is 1. The van der Waals surface area contributed by atoms with Crippen LogP contribution in [0, 0.1) is 6.92 Å². The summed E-state index contributed by atoms with van der Waals surface area (Å²) >= 11 is 5.10. The third kappa shape index (κ3) is 4.76. The lowest BCUT2D eigenvalue weighted by atomic mass is 10.2. The highest BCUT2D eigenvalue weighted by atomic mass is 79.9. The Bertz CT molecular complexity index is 1030. The molecule has 0 aliphatic rings. The first-order valence-corrected chi connectivity index (χ1v) is 11.0. The van der Waals surface area contributed by atoms with Crippen LogP contribution in [-0.4, -0.2) is 46.1 Å². The van der Waals surface area contributed by atoms with Gasteiger partial charge in [0.05, 0.1) is 12.3 Å². The lowest BCUT2D eigenvalue weighted by Crippen LogP contribution is -2.13. The summed E-state index contributed by atoms with van der Waals surface area (Å²) in [5.74, 6) is 0.0928. The number of pyridine rings is 1. The quantitative estimate of drug-likeness (QED) is 0.394. The number of thioether (sulfide) groups is 1. The Hall–Kier alpha value is -2.03. The molecule has 0 aliphatic heterocycles. The highest BCUT2D eigenvalue weighted by Gasteiger charge is 2.24. The zero-order valence-electron chi connectivity index (χ0n) is 16.9. The number of benzene rings is 1. The van der Waals surface area contributed by atoms with E-state index >= 15 is 0 Å². The number of carbonyl (C=O) groups is 1. The number of esters is 1. The van der Waals surface area contributed by atoms with E-state index in [4.69, 9.17) is 4.74 Å². The first-order valence-electron chi connectivity index (χ1n) is 9.24. The standard InChI is InChI=1S/C21H24BrN3O3S/c1-5-28-21(27)18-17(12-29-14-8-6-13(2)7-9-14)23-20-19(26)15(10-24(3)4)16(22)11-25(18)20/h6-9,11,26H,5,10,12H2,1-4H3. The summed E-state index contributed by atoms with van der Waals surface area (Å²) < 4.78 is 7.58. The second-order valence-electron chi connectivity index (χ2n) is 6.96. The Morgan fingerprint density at radius 1 is 1.31 bits per heavy atom. The molecular formula is C21H24BrN3O3S. The number of ether oxygens (including phenoxy) is 1. The van der Waals surface area contributed by atoms with Crippen LogP contribution in [-0.2, 0) is 17.0 Å². The van der Waals surface area contributed by atoms with Crippen LogP contribution in [0.15, 0.2) is 39.8 Å². The summed E-state index contributed by atoms with van der Waals surface area (Å²) in [6, 6.07) is 8.19. The van der Waals surface area contributed by atoms with Gasteiger partial charge in [0.25, 0.3) is 0 Å². The molecule has 8 heteroatoms. The van der Waals surface area contributed by atoms with E-state index in [-0.39, 0.29) is 12.4 Å². The van der Waals surface area contributed by atoms with E-state index < -0.39 is 5.97 Å². The zero-order chi connectivity index (χ0) is 21.1. The largest absolute Gasteiger partial charge is 0.504 e. The van der Waals surface area contributed by atoms with Crippen molar-refractivity contribution in [1.82, 2.24) is 14.3 Å². The zero-order valence-corrected chi connectivity index (χ0v) is 19.3. The van der Waals surface area contributed by atoms with Crippen LogP contribution >= 0.6 is 27.7 Å². The molecule has 3 aromatic rings. The average molecular weight is 478 g/mol. The Kier molecular flexibility index (Phi) is 6.87. The van der Waals surface area contributed by atoms with E-state index in [1.807, 2.05) is 38.1 Å². The molecule has 0 spiro atoms. The summed E-state index contributed by atoms with van der Waals surface area (Å²) in [6.07, 6.45) is 1.77. The smallest absolute Gasteiger partial charge is 0.357 e. The molecule has 154 valence electrons. The number of carbonyl (C=O) groups excluding carboxylic acids is 1. The molecule has 1 N–H and O–H groups in total. The van der Waals surface area contributed by atoms with Crippen LogP contribution in [0.25, 0.3) is 5.65 Å². The summed E-state index contributed by atoms with van der Waals surface area (Å²) in [5, 5.41) is 10.8. The molecule has 0 saturated carbocycles. The van der Waals surface area contributed by atoms with Crippen molar-refractivity contribution >= 4 is 39.3 Å². The average Bonchev–Trinajstić information content (AvgIpc) is 3.03. The number of aromatic nitrogens is 2. The van der Waals surface area contributed by atoms with Crippen molar-refractivity contribution in [1.29, 1.82) is 0 Å². The van der Waals surface area contributed by atoms with E-state index in [2.05, 4.69) is 33.0 Å². The summed E-state index contributed by atoms with van der Waals surface area (Å²) in [7, 11) is 3.85. The Labute approximate surface area is 183 Å². The van der Waals surface area contributed by atoms with Crippen LogP contribution in [0.3, 0.4) is 0 Å². The molecule has 6 nitrogen and oxygen atoms in total. The SMILES string of the molecule is CCOC(=O)c1c(CSc2ccc(C)cc2)nc2c(O)c(CN(C)C)c(Br)cn12. The minimum Gasteiger partial charge on any atom is -0.504 e. The van der Waals surface area contributed by atoms with Gasteiger partial charge in [-0.15, -0.1) is 11.8 Å². The molecule has 2 aromatic heterocycles. The van der Waals surface area contributed by atoms with E-state index in [9.17, 15) is 9.90 Å². The van der Waals surface area contributed by atoms with Gasteiger partial charge in [-0.2, -0.15) is 0 Å². The van der Waals surface area contributed by atoms with Gasteiger partial charge >= 0.3 is 5.97 Å². The van der Waals surface area contributed by atoms with Crippen molar-refractivity contribution in [2.45, 2.75) is 31.0 Å². The maximum absolute atomic E-state index is 12.7. The maximum Gasteiger partial charge on any atom is 0.357 e. The number of nitrogens with zero attached hydrogens (tertiary/aromatic N) is 3. The molecule has 0 radical (unpaired) electrons. The fourth-order valence-electron chi connectivity index (χ4n) is 2.98. The molecule has 3 rings (SSSR count). The van der Waals surface area contributed by atoms with Crippen molar-refractivity contribution in [3.63, 3.8) is 0 Å². The highest BCUT2D eigenvalue weighted by molar-refractivity contribution is 9.10. The molecule has 0 amide bonds. The number of halogens is 1. The second-order valence-corrected chi connectivity index (χ2v) is 8.87. The fraction of sp³-hybridized carbons (Fsp3) is 0.333. The Balaban J connectivity index is 2.06. The molecular weight excluding hydrogens is 454 g/mol.